The molecule has 1 amide bonds. The summed E-state index contributed by atoms with van der Waals surface area (Å²) in [4.78, 5) is 17.2. The highest BCUT2D eigenvalue weighted by molar-refractivity contribution is 5.98. The molecule has 1 saturated heterocycles. The van der Waals surface area contributed by atoms with Crippen LogP contribution in [-0.4, -0.2) is 66.4 Å². The molecule has 1 aromatic heterocycles. The van der Waals surface area contributed by atoms with Crippen LogP contribution in [0.25, 0.3) is 10.9 Å². The van der Waals surface area contributed by atoms with E-state index in [2.05, 4.69) is 15.2 Å². The van der Waals surface area contributed by atoms with Gasteiger partial charge in [0.2, 0.25) is 0 Å². The molecule has 0 bridgehead atoms. The molecule has 0 saturated carbocycles. The fourth-order valence-corrected chi connectivity index (χ4v) is 2.68. The number of carbonyl (C=O) groups is 1. The first-order valence-corrected chi connectivity index (χ1v) is 7.66. The van der Waals surface area contributed by atoms with Gasteiger partial charge in [0.05, 0.1) is 19.3 Å². The molecule has 3 rings (SSSR count). The van der Waals surface area contributed by atoms with Crippen LogP contribution in [0.4, 0.5) is 4.39 Å². The number of benzene rings is 1. The molecule has 0 aliphatic carbocycles. The summed E-state index contributed by atoms with van der Waals surface area (Å²) in [5, 5.41) is 13.4. The number of morpholine rings is 1. The number of H-pyrrole nitrogens is 1. The molecule has 7 heteroatoms. The van der Waals surface area contributed by atoms with Crippen molar-refractivity contribution in [1.82, 2.24) is 15.2 Å². The molecule has 2 aromatic rings. The number of aliphatic hydroxyl groups excluding tert-OH is 1. The van der Waals surface area contributed by atoms with Gasteiger partial charge >= 0.3 is 0 Å². The van der Waals surface area contributed by atoms with Crippen LogP contribution < -0.4 is 5.32 Å². The first-order chi connectivity index (χ1) is 11.1. The summed E-state index contributed by atoms with van der Waals surface area (Å²) in [6, 6.07) is 5.90. The molecule has 0 radical (unpaired) electrons. The number of carbonyl (C=O) groups excluding carboxylic acids is 1. The molecule has 2 heterocycles. The molecule has 6 nitrogen and oxygen atoms in total. The summed E-state index contributed by atoms with van der Waals surface area (Å²) in [5.41, 5.74) is 1.05. The quantitative estimate of drug-likeness (QED) is 0.759. The van der Waals surface area contributed by atoms with E-state index in [0.29, 0.717) is 36.4 Å². The zero-order valence-electron chi connectivity index (χ0n) is 12.7. The third-order valence-corrected chi connectivity index (χ3v) is 3.90. The van der Waals surface area contributed by atoms with Crippen LogP contribution in [0.5, 0.6) is 0 Å². The Bertz CT molecular complexity index is 682. The fourth-order valence-electron chi connectivity index (χ4n) is 2.68. The lowest BCUT2D eigenvalue weighted by atomic mass is 10.2. The molecular formula is C16H20FN3O3. The first kappa shape index (κ1) is 15.9. The summed E-state index contributed by atoms with van der Waals surface area (Å²) in [6.45, 7) is 3.59. The Morgan fingerprint density at radius 3 is 2.96 bits per heavy atom. The second kappa shape index (κ2) is 7.08. The van der Waals surface area contributed by atoms with E-state index in [0.717, 1.165) is 13.1 Å². The highest BCUT2D eigenvalue weighted by atomic mass is 19.1. The van der Waals surface area contributed by atoms with Crippen LogP contribution >= 0.6 is 0 Å². The molecule has 23 heavy (non-hydrogen) atoms. The number of nitrogens with one attached hydrogen (secondary N) is 2. The normalized spacial score (nSPS) is 17.3. The Morgan fingerprint density at radius 2 is 2.17 bits per heavy atom. The van der Waals surface area contributed by atoms with E-state index in [1.807, 2.05) is 0 Å². The monoisotopic (exact) mass is 321 g/mol. The van der Waals surface area contributed by atoms with Crippen molar-refractivity contribution in [2.75, 3.05) is 39.4 Å². The average Bonchev–Trinajstić information content (AvgIpc) is 2.96. The molecule has 0 spiro atoms. The van der Waals surface area contributed by atoms with E-state index >= 15 is 0 Å². The minimum absolute atomic E-state index is 0.167. The summed E-state index contributed by atoms with van der Waals surface area (Å²) in [5.74, 6) is -0.660. The maximum Gasteiger partial charge on any atom is 0.267 e. The lowest BCUT2D eigenvalue weighted by Crippen LogP contribution is -2.44. The van der Waals surface area contributed by atoms with E-state index in [-0.39, 0.29) is 18.3 Å². The van der Waals surface area contributed by atoms with Crippen LogP contribution in [0, 0.1) is 5.82 Å². The topological polar surface area (TPSA) is 77.6 Å². The summed E-state index contributed by atoms with van der Waals surface area (Å²) in [6.07, 6.45) is -0.640. The van der Waals surface area contributed by atoms with Gasteiger partial charge in [-0.3, -0.25) is 9.69 Å². The standard InChI is InChI=1S/C16H20FN3O3/c17-12-1-2-14-11(7-12)8-15(19-14)16(22)18-9-13(21)10-20-3-5-23-6-4-20/h1-2,7-8,13,19,21H,3-6,9-10H2,(H,18,22). The van der Waals surface area contributed by atoms with Crippen molar-refractivity contribution in [3.8, 4) is 0 Å². The fraction of sp³-hybridized carbons (Fsp3) is 0.438. The van der Waals surface area contributed by atoms with Crippen molar-refractivity contribution in [2.24, 2.45) is 0 Å². The van der Waals surface area contributed by atoms with Crippen molar-refractivity contribution >= 4 is 16.8 Å². The number of hydrogen-bond donors (Lipinski definition) is 3. The number of nitrogens with zero attached hydrogens (tertiary/aromatic N) is 1. The Labute approximate surface area is 133 Å². The molecule has 1 fully saturated rings. The Hall–Kier alpha value is -1.96. The van der Waals surface area contributed by atoms with Gasteiger partial charge in [-0.25, -0.2) is 4.39 Å². The largest absolute Gasteiger partial charge is 0.390 e. The van der Waals surface area contributed by atoms with Crippen molar-refractivity contribution in [2.45, 2.75) is 6.10 Å². The number of fused-ring (bicyclic) bond motifs is 1. The predicted octanol–water partition coefficient (Wildman–Crippen LogP) is 0.730. The smallest absolute Gasteiger partial charge is 0.267 e. The minimum atomic E-state index is -0.640. The summed E-state index contributed by atoms with van der Waals surface area (Å²) < 4.78 is 18.4. The van der Waals surface area contributed by atoms with Gasteiger partial charge < -0.3 is 20.1 Å². The van der Waals surface area contributed by atoms with Gasteiger partial charge in [0.1, 0.15) is 11.5 Å². The van der Waals surface area contributed by atoms with Crippen LogP contribution in [-0.2, 0) is 4.74 Å². The van der Waals surface area contributed by atoms with Crippen LogP contribution in [0.3, 0.4) is 0 Å². The van der Waals surface area contributed by atoms with E-state index in [9.17, 15) is 14.3 Å². The molecule has 1 unspecified atom stereocenters. The van der Waals surface area contributed by atoms with Crippen molar-refractivity contribution < 1.29 is 19.0 Å². The maximum atomic E-state index is 13.2. The summed E-state index contributed by atoms with van der Waals surface area (Å²) >= 11 is 0. The number of hydrogen-bond acceptors (Lipinski definition) is 4. The van der Waals surface area contributed by atoms with Gasteiger partial charge in [0.15, 0.2) is 0 Å². The molecule has 124 valence electrons. The Balaban J connectivity index is 1.53. The zero-order valence-corrected chi connectivity index (χ0v) is 12.7. The number of aromatic amines is 1. The lowest BCUT2D eigenvalue weighted by Gasteiger charge is -2.28. The number of ether oxygens (including phenoxy) is 1. The SMILES string of the molecule is O=C(NCC(O)CN1CCOCC1)c1cc2cc(F)ccc2[nH]1. The van der Waals surface area contributed by atoms with Crippen LogP contribution in [0.15, 0.2) is 24.3 Å². The second-order valence-electron chi connectivity index (χ2n) is 5.69. The molecule has 1 aromatic carbocycles. The highest BCUT2D eigenvalue weighted by Crippen LogP contribution is 2.16. The predicted molar refractivity (Wildman–Crippen MR) is 83.9 cm³/mol. The number of rotatable bonds is 5. The third-order valence-electron chi connectivity index (χ3n) is 3.90. The molecule has 3 N–H and O–H groups in total. The van der Waals surface area contributed by atoms with Gasteiger partial charge in [0.25, 0.3) is 5.91 Å². The van der Waals surface area contributed by atoms with Crippen molar-refractivity contribution in [1.29, 1.82) is 0 Å². The molecular weight excluding hydrogens is 301 g/mol. The number of halogens is 1. The second-order valence-corrected chi connectivity index (χ2v) is 5.69. The van der Waals surface area contributed by atoms with Gasteiger partial charge in [-0.05, 0) is 24.3 Å². The maximum absolute atomic E-state index is 13.2. The van der Waals surface area contributed by atoms with Crippen LogP contribution in [0.2, 0.25) is 0 Å². The van der Waals surface area contributed by atoms with E-state index in [4.69, 9.17) is 4.74 Å². The van der Waals surface area contributed by atoms with Crippen molar-refractivity contribution in [3.05, 3.63) is 35.8 Å². The number of aromatic nitrogens is 1. The number of amides is 1. The number of aliphatic hydroxyl groups is 1. The highest BCUT2D eigenvalue weighted by Gasteiger charge is 2.16. The Morgan fingerprint density at radius 1 is 1.39 bits per heavy atom. The molecule has 1 atom stereocenters. The number of β-amino-alcohol motifs (C(OH)–C–C–N with tert-alkyl or cyclic N) is 1. The molecule has 1 aliphatic rings. The molecule has 1 aliphatic heterocycles. The van der Waals surface area contributed by atoms with Gasteiger partial charge in [0, 0.05) is 37.1 Å². The van der Waals surface area contributed by atoms with Crippen LogP contribution in [0.1, 0.15) is 10.5 Å². The third kappa shape index (κ3) is 4.07. The Kier molecular flexibility index (Phi) is 4.90. The van der Waals surface area contributed by atoms with E-state index in [1.54, 1.807) is 12.1 Å². The first-order valence-electron chi connectivity index (χ1n) is 7.66. The van der Waals surface area contributed by atoms with Gasteiger partial charge in [-0.2, -0.15) is 0 Å². The van der Waals surface area contributed by atoms with Crippen molar-refractivity contribution in [3.63, 3.8) is 0 Å². The lowest BCUT2D eigenvalue weighted by molar-refractivity contribution is 0.0149. The minimum Gasteiger partial charge on any atom is -0.390 e. The average molecular weight is 321 g/mol. The summed E-state index contributed by atoms with van der Waals surface area (Å²) in [7, 11) is 0. The van der Waals surface area contributed by atoms with Gasteiger partial charge in [-0.15, -0.1) is 0 Å². The zero-order chi connectivity index (χ0) is 16.2. The van der Waals surface area contributed by atoms with Gasteiger partial charge in [-0.1, -0.05) is 0 Å². The van der Waals surface area contributed by atoms with E-state index < -0.39 is 6.10 Å². The van der Waals surface area contributed by atoms with E-state index in [1.165, 1.54) is 12.1 Å².